The van der Waals surface area contributed by atoms with Gasteiger partial charge in [-0.1, -0.05) is 73.5 Å². The maximum Gasteiger partial charge on any atom is 0.325 e. The Morgan fingerprint density at radius 1 is 0.900 bits per heavy atom. The van der Waals surface area contributed by atoms with Crippen molar-refractivity contribution in [3.8, 4) is 0 Å². The third-order valence-electron chi connectivity index (χ3n) is 6.04. The van der Waals surface area contributed by atoms with E-state index in [1.807, 2.05) is 60.7 Å². The zero-order chi connectivity index (χ0) is 21.0. The summed E-state index contributed by atoms with van der Waals surface area (Å²) in [5, 5.41) is 2.87. The van der Waals surface area contributed by atoms with Gasteiger partial charge in [0.05, 0.1) is 0 Å². The Labute approximate surface area is 176 Å². The smallest absolute Gasteiger partial charge is 0.325 e. The molecule has 1 saturated heterocycles. The molecule has 0 bridgehead atoms. The van der Waals surface area contributed by atoms with Crippen molar-refractivity contribution in [1.82, 2.24) is 15.1 Å². The number of carbonyl (C=O) groups excluding carboxylic acids is 3. The van der Waals surface area contributed by atoms with E-state index in [-0.39, 0.29) is 30.8 Å². The Bertz CT molecular complexity index is 866. The van der Waals surface area contributed by atoms with Gasteiger partial charge in [0, 0.05) is 26.1 Å². The average molecular weight is 405 g/mol. The normalized spacial score (nSPS) is 17.4. The number of rotatable bonds is 7. The molecule has 4 amide bonds. The lowest BCUT2D eigenvalue weighted by atomic mass is 9.98. The Morgan fingerprint density at radius 3 is 1.97 bits per heavy atom. The molecule has 1 N–H and O–H groups in total. The molecule has 2 aromatic carbocycles. The summed E-state index contributed by atoms with van der Waals surface area (Å²) in [7, 11) is 0. The fourth-order valence-corrected chi connectivity index (χ4v) is 4.40. The molecule has 1 heterocycles. The molecule has 0 atom stereocenters. The van der Waals surface area contributed by atoms with E-state index in [1.54, 1.807) is 4.90 Å². The van der Waals surface area contributed by atoms with E-state index in [1.165, 1.54) is 4.90 Å². The van der Waals surface area contributed by atoms with Crippen molar-refractivity contribution in [2.45, 2.75) is 50.7 Å². The summed E-state index contributed by atoms with van der Waals surface area (Å²) in [6.07, 6.45) is 3.39. The van der Waals surface area contributed by atoms with Crippen LogP contribution < -0.4 is 5.32 Å². The van der Waals surface area contributed by atoms with Gasteiger partial charge in [0.1, 0.15) is 5.54 Å². The highest BCUT2D eigenvalue weighted by atomic mass is 16.2. The number of urea groups is 1. The van der Waals surface area contributed by atoms with Crippen molar-refractivity contribution in [3.05, 3.63) is 71.8 Å². The van der Waals surface area contributed by atoms with Crippen LogP contribution in [0, 0.1) is 0 Å². The van der Waals surface area contributed by atoms with Crippen LogP contribution in [-0.4, -0.2) is 39.7 Å². The van der Waals surface area contributed by atoms with Crippen LogP contribution in [0.1, 0.15) is 43.2 Å². The van der Waals surface area contributed by atoms with E-state index in [2.05, 4.69) is 5.32 Å². The lowest BCUT2D eigenvalue weighted by molar-refractivity contribution is -0.134. The van der Waals surface area contributed by atoms with Crippen molar-refractivity contribution in [2.24, 2.45) is 0 Å². The summed E-state index contributed by atoms with van der Waals surface area (Å²) in [6, 6.07) is 19.3. The Morgan fingerprint density at radius 2 is 1.43 bits per heavy atom. The molecule has 0 aromatic heterocycles. The fraction of sp³-hybridized carbons (Fsp3) is 0.375. The second kappa shape index (κ2) is 8.69. The first kappa shape index (κ1) is 20.1. The highest BCUT2D eigenvalue weighted by Crippen LogP contribution is 2.35. The molecule has 2 aromatic rings. The van der Waals surface area contributed by atoms with Crippen LogP contribution in [0.15, 0.2) is 60.7 Å². The van der Waals surface area contributed by atoms with E-state index in [0.717, 1.165) is 24.0 Å². The van der Waals surface area contributed by atoms with Crippen LogP contribution in [0.3, 0.4) is 0 Å². The second-order valence-corrected chi connectivity index (χ2v) is 8.15. The van der Waals surface area contributed by atoms with Crippen LogP contribution in [0.4, 0.5) is 4.79 Å². The quantitative estimate of drug-likeness (QED) is 0.717. The standard InChI is InChI=1S/C24H27N3O3/c28-21(13-16-27-22(29)24(25-23(27)30)14-7-8-15-24)26(17-19-9-3-1-4-10-19)18-20-11-5-2-6-12-20/h1-6,9-12H,7-8,13-18H2,(H,25,30). The third-order valence-corrected chi connectivity index (χ3v) is 6.04. The Hall–Kier alpha value is -3.15. The lowest BCUT2D eigenvalue weighted by Gasteiger charge is -2.24. The number of hydrogen-bond donors (Lipinski definition) is 1. The number of amides is 4. The molecule has 2 aliphatic rings. The van der Waals surface area contributed by atoms with Gasteiger partial charge in [0.2, 0.25) is 5.91 Å². The van der Waals surface area contributed by atoms with E-state index in [9.17, 15) is 14.4 Å². The largest absolute Gasteiger partial charge is 0.334 e. The first-order valence-electron chi connectivity index (χ1n) is 10.6. The molecule has 6 nitrogen and oxygen atoms in total. The van der Waals surface area contributed by atoms with Crippen molar-refractivity contribution in [2.75, 3.05) is 6.54 Å². The minimum atomic E-state index is -0.728. The minimum Gasteiger partial charge on any atom is -0.334 e. The maximum atomic E-state index is 13.1. The summed E-state index contributed by atoms with van der Waals surface area (Å²) >= 11 is 0. The number of nitrogens with zero attached hydrogens (tertiary/aromatic N) is 2. The number of hydrogen-bond acceptors (Lipinski definition) is 3. The van der Waals surface area contributed by atoms with Gasteiger partial charge in [-0.05, 0) is 24.0 Å². The fourth-order valence-electron chi connectivity index (χ4n) is 4.40. The zero-order valence-electron chi connectivity index (χ0n) is 17.0. The molecule has 1 aliphatic carbocycles. The number of benzene rings is 2. The van der Waals surface area contributed by atoms with Gasteiger partial charge in [-0.2, -0.15) is 0 Å². The predicted molar refractivity (Wildman–Crippen MR) is 113 cm³/mol. The Kier molecular flexibility index (Phi) is 5.84. The third kappa shape index (κ3) is 4.22. The van der Waals surface area contributed by atoms with Crippen molar-refractivity contribution < 1.29 is 14.4 Å². The van der Waals surface area contributed by atoms with E-state index >= 15 is 0 Å². The highest BCUT2D eigenvalue weighted by Gasteiger charge is 2.52. The van der Waals surface area contributed by atoms with Crippen molar-refractivity contribution in [1.29, 1.82) is 0 Å². The second-order valence-electron chi connectivity index (χ2n) is 8.15. The molecular weight excluding hydrogens is 378 g/mol. The van der Waals surface area contributed by atoms with Crippen LogP contribution in [-0.2, 0) is 22.7 Å². The first-order chi connectivity index (χ1) is 14.6. The zero-order valence-corrected chi connectivity index (χ0v) is 17.0. The van der Waals surface area contributed by atoms with Gasteiger partial charge in [-0.3, -0.25) is 14.5 Å². The summed E-state index contributed by atoms with van der Waals surface area (Å²) < 4.78 is 0. The summed E-state index contributed by atoms with van der Waals surface area (Å²) in [4.78, 5) is 41.3. The first-order valence-corrected chi connectivity index (χ1v) is 10.6. The molecule has 1 aliphatic heterocycles. The SMILES string of the molecule is O=C(CCN1C(=O)NC2(CCCC2)C1=O)N(Cc1ccccc1)Cc1ccccc1. The molecule has 4 rings (SSSR count). The predicted octanol–water partition coefficient (Wildman–Crippen LogP) is 3.47. The van der Waals surface area contributed by atoms with Crippen molar-refractivity contribution in [3.63, 3.8) is 0 Å². The molecule has 1 saturated carbocycles. The van der Waals surface area contributed by atoms with Gasteiger partial charge in [0.25, 0.3) is 5.91 Å². The van der Waals surface area contributed by atoms with Crippen LogP contribution in [0.2, 0.25) is 0 Å². The molecule has 30 heavy (non-hydrogen) atoms. The van der Waals surface area contributed by atoms with Gasteiger partial charge in [-0.15, -0.1) is 0 Å². The number of nitrogens with one attached hydrogen (secondary N) is 1. The molecule has 156 valence electrons. The summed E-state index contributed by atoms with van der Waals surface area (Å²) in [6.45, 7) is 1.09. The van der Waals surface area contributed by atoms with Gasteiger partial charge >= 0.3 is 6.03 Å². The molecule has 1 spiro atoms. The molecule has 2 fully saturated rings. The molecule has 6 heteroatoms. The van der Waals surface area contributed by atoms with E-state index in [0.29, 0.717) is 25.9 Å². The Balaban J connectivity index is 1.43. The minimum absolute atomic E-state index is 0.0734. The molecule has 0 radical (unpaired) electrons. The summed E-state index contributed by atoms with van der Waals surface area (Å²) in [5.41, 5.74) is 1.36. The van der Waals surface area contributed by atoms with Gasteiger partial charge in [-0.25, -0.2) is 4.79 Å². The molecule has 0 unspecified atom stereocenters. The van der Waals surface area contributed by atoms with Crippen LogP contribution in [0.5, 0.6) is 0 Å². The van der Waals surface area contributed by atoms with Crippen molar-refractivity contribution >= 4 is 17.8 Å². The van der Waals surface area contributed by atoms with E-state index < -0.39 is 5.54 Å². The average Bonchev–Trinajstić information content (AvgIpc) is 3.32. The van der Waals surface area contributed by atoms with Crippen LogP contribution in [0.25, 0.3) is 0 Å². The molecular formula is C24H27N3O3. The lowest BCUT2D eigenvalue weighted by Crippen LogP contribution is -2.44. The monoisotopic (exact) mass is 405 g/mol. The van der Waals surface area contributed by atoms with Gasteiger partial charge < -0.3 is 10.2 Å². The maximum absolute atomic E-state index is 13.1. The van der Waals surface area contributed by atoms with Crippen LogP contribution >= 0.6 is 0 Å². The van der Waals surface area contributed by atoms with E-state index in [4.69, 9.17) is 0 Å². The highest BCUT2D eigenvalue weighted by molar-refractivity contribution is 6.07. The summed E-state index contributed by atoms with van der Waals surface area (Å²) in [5.74, 6) is -0.244. The number of imide groups is 1. The topological polar surface area (TPSA) is 69.7 Å². The van der Waals surface area contributed by atoms with Gasteiger partial charge in [0.15, 0.2) is 0 Å². The number of carbonyl (C=O) groups is 3.